The zero-order valence-electron chi connectivity index (χ0n) is 26.1. The summed E-state index contributed by atoms with van der Waals surface area (Å²) in [6, 6.07) is 0. The molecule has 18 nitrogen and oxygen atoms in total. The predicted octanol–water partition coefficient (Wildman–Crippen LogP) is 0.111. The van der Waals surface area contributed by atoms with E-state index in [1.807, 2.05) is 0 Å². The molecule has 1 aliphatic rings. The monoisotopic (exact) mass is 652 g/mol. The molecule has 3 unspecified atom stereocenters. The number of carbonyl (C=O) groups is 6. The standard InChI is InChI=1S/C28H40N6O12/c1-15(2)20(35)43-27(31,24(39)41-14-18(7)23(38)46-45-22(37)17(5)6)19(10-8-12-29)42-25(40)28(32,44-21(36)16(3)4)26(33-34-26)11-9-13-30/h14,19H,1,3,5,8-13,29-32H2,2,4,6-7H3/b18-14+. The van der Waals surface area contributed by atoms with Crippen molar-refractivity contribution >= 4 is 35.8 Å². The number of hydrogen-bond donors (Lipinski definition) is 4. The third-order valence-electron chi connectivity index (χ3n) is 6.10. The third-order valence-corrected chi connectivity index (χ3v) is 6.10. The second-order valence-corrected chi connectivity index (χ2v) is 10.3. The van der Waals surface area contributed by atoms with E-state index in [-0.39, 0.29) is 55.5 Å². The molecule has 8 N–H and O–H groups in total. The maximum absolute atomic E-state index is 13.7. The molecule has 18 heteroatoms. The van der Waals surface area contributed by atoms with E-state index in [0.29, 0.717) is 6.26 Å². The van der Waals surface area contributed by atoms with E-state index in [0.717, 1.165) is 6.92 Å². The summed E-state index contributed by atoms with van der Waals surface area (Å²) in [6.07, 6.45) is -1.48. The average Bonchev–Trinajstić information content (AvgIpc) is 3.80. The molecule has 1 heterocycles. The number of hydrogen-bond acceptors (Lipinski definition) is 18. The lowest BCUT2D eigenvalue weighted by molar-refractivity contribution is -0.252. The van der Waals surface area contributed by atoms with Crippen LogP contribution in [0.5, 0.6) is 0 Å². The van der Waals surface area contributed by atoms with Crippen molar-refractivity contribution < 1.29 is 57.5 Å². The van der Waals surface area contributed by atoms with Crippen LogP contribution in [0.15, 0.2) is 58.5 Å². The first-order chi connectivity index (χ1) is 21.3. The van der Waals surface area contributed by atoms with Crippen LogP contribution in [0.2, 0.25) is 0 Å². The molecule has 0 saturated heterocycles. The van der Waals surface area contributed by atoms with Gasteiger partial charge in [0.15, 0.2) is 6.10 Å². The zero-order chi connectivity index (χ0) is 35.5. The summed E-state index contributed by atoms with van der Waals surface area (Å²) in [5, 5.41) is 7.65. The van der Waals surface area contributed by atoms with E-state index in [2.05, 4.69) is 39.7 Å². The van der Waals surface area contributed by atoms with E-state index in [1.54, 1.807) is 0 Å². The lowest BCUT2D eigenvalue weighted by Crippen LogP contribution is -2.67. The highest BCUT2D eigenvalue weighted by Crippen LogP contribution is 2.44. The van der Waals surface area contributed by atoms with Gasteiger partial charge in [-0.2, -0.15) is 10.2 Å². The molecule has 1 rings (SSSR count). The molecular weight excluding hydrogens is 612 g/mol. The molecular formula is C28H40N6O12. The molecule has 46 heavy (non-hydrogen) atoms. The number of nitrogens with two attached hydrogens (primary N) is 4. The minimum atomic E-state index is -2.95. The Hall–Kier alpha value is -4.78. The van der Waals surface area contributed by atoms with Crippen LogP contribution in [0, 0.1) is 0 Å². The summed E-state index contributed by atoms with van der Waals surface area (Å²) in [6.45, 7) is 15.3. The molecule has 0 fully saturated rings. The highest BCUT2D eigenvalue weighted by atomic mass is 17.2. The summed E-state index contributed by atoms with van der Waals surface area (Å²) < 4.78 is 21.0. The van der Waals surface area contributed by atoms with Crippen LogP contribution in [0.4, 0.5) is 0 Å². The van der Waals surface area contributed by atoms with Gasteiger partial charge in [0.05, 0.1) is 5.57 Å². The van der Waals surface area contributed by atoms with E-state index in [1.165, 1.54) is 20.8 Å². The van der Waals surface area contributed by atoms with E-state index >= 15 is 0 Å². The lowest BCUT2D eigenvalue weighted by atomic mass is 9.94. The van der Waals surface area contributed by atoms with E-state index in [9.17, 15) is 28.8 Å². The third kappa shape index (κ3) is 9.86. The van der Waals surface area contributed by atoms with Crippen molar-refractivity contribution in [1.29, 1.82) is 0 Å². The van der Waals surface area contributed by atoms with Crippen molar-refractivity contribution in [1.82, 2.24) is 0 Å². The van der Waals surface area contributed by atoms with Crippen LogP contribution in [0.25, 0.3) is 0 Å². The molecule has 0 aliphatic carbocycles. The summed E-state index contributed by atoms with van der Waals surface area (Å²) in [5.41, 5.74) is 15.5. The Morgan fingerprint density at radius 3 is 1.74 bits per heavy atom. The molecule has 0 bridgehead atoms. The van der Waals surface area contributed by atoms with Crippen LogP contribution in [-0.4, -0.2) is 72.1 Å². The van der Waals surface area contributed by atoms with Gasteiger partial charge in [-0.1, -0.05) is 19.7 Å². The minimum Gasteiger partial charge on any atom is -0.452 e. The normalized spacial score (nSPS) is 16.3. The Morgan fingerprint density at radius 1 is 0.761 bits per heavy atom. The van der Waals surface area contributed by atoms with E-state index in [4.69, 9.17) is 41.9 Å². The fourth-order valence-corrected chi connectivity index (χ4v) is 3.22. The zero-order valence-corrected chi connectivity index (χ0v) is 26.1. The second-order valence-electron chi connectivity index (χ2n) is 10.3. The van der Waals surface area contributed by atoms with E-state index < -0.39 is 64.6 Å². The lowest BCUT2D eigenvalue weighted by Gasteiger charge is -2.37. The highest BCUT2D eigenvalue weighted by Gasteiger charge is 2.67. The summed E-state index contributed by atoms with van der Waals surface area (Å²) in [5.74, 6) is -7.67. The molecule has 0 spiro atoms. The summed E-state index contributed by atoms with van der Waals surface area (Å²) in [4.78, 5) is 84.5. The quantitative estimate of drug-likeness (QED) is 0.0290. The topological polar surface area (TPSA) is 287 Å². The summed E-state index contributed by atoms with van der Waals surface area (Å²) in [7, 11) is 0. The van der Waals surface area contributed by atoms with Crippen molar-refractivity contribution in [2.45, 2.75) is 76.6 Å². The van der Waals surface area contributed by atoms with Gasteiger partial charge in [-0.05, 0) is 60.0 Å². The van der Waals surface area contributed by atoms with Gasteiger partial charge < -0.3 is 30.4 Å². The first-order valence-corrected chi connectivity index (χ1v) is 13.7. The fraction of sp³-hybridized carbons (Fsp3) is 0.500. The first-order valence-electron chi connectivity index (χ1n) is 13.7. The smallest absolute Gasteiger partial charge is 0.385 e. The highest BCUT2D eigenvalue weighted by molar-refractivity contribution is 5.94. The SMILES string of the molecule is C=C(C)C(=O)OOC(=O)/C(C)=C/OC(=O)C(N)(OC(=O)C(=C)C)C(CCCN)OC(=O)C(N)(OC(=O)C(=C)C)C1(CCCN)N=N1. The summed E-state index contributed by atoms with van der Waals surface area (Å²) >= 11 is 0. The Balaban J connectivity index is 3.53. The molecule has 0 saturated carbocycles. The molecule has 0 amide bonds. The largest absolute Gasteiger partial charge is 0.452 e. The Bertz CT molecular complexity index is 1340. The van der Waals surface area contributed by atoms with Crippen LogP contribution in [0.1, 0.15) is 53.4 Å². The average molecular weight is 653 g/mol. The number of rotatable bonds is 18. The molecule has 0 aromatic rings. The van der Waals surface area contributed by atoms with Gasteiger partial charge in [-0.25, -0.2) is 38.5 Å². The molecule has 0 radical (unpaired) electrons. The van der Waals surface area contributed by atoms with Crippen molar-refractivity contribution in [3.8, 4) is 0 Å². The van der Waals surface area contributed by atoms with Crippen LogP contribution < -0.4 is 22.9 Å². The predicted molar refractivity (Wildman–Crippen MR) is 157 cm³/mol. The molecule has 254 valence electrons. The number of nitrogens with zero attached hydrogens (tertiary/aromatic N) is 2. The maximum atomic E-state index is 13.7. The van der Waals surface area contributed by atoms with Crippen LogP contribution in [0.3, 0.4) is 0 Å². The van der Waals surface area contributed by atoms with Gasteiger partial charge in [0.2, 0.25) is 0 Å². The number of ether oxygens (including phenoxy) is 4. The molecule has 1 aliphatic heterocycles. The minimum absolute atomic E-state index is 0.0229. The van der Waals surface area contributed by atoms with Gasteiger partial charge >= 0.3 is 41.5 Å². The Labute approximate surface area is 264 Å². The van der Waals surface area contributed by atoms with Gasteiger partial charge in [-0.15, -0.1) is 0 Å². The van der Waals surface area contributed by atoms with Gasteiger partial charge in [0.1, 0.15) is 6.26 Å². The fourth-order valence-electron chi connectivity index (χ4n) is 3.22. The number of esters is 4. The molecule has 0 aromatic carbocycles. The molecule has 0 aromatic heterocycles. The Kier molecular flexibility index (Phi) is 14.1. The second kappa shape index (κ2) is 16.5. The van der Waals surface area contributed by atoms with Crippen LogP contribution >= 0.6 is 0 Å². The Morgan fingerprint density at radius 2 is 1.26 bits per heavy atom. The first kappa shape index (κ1) is 39.2. The van der Waals surface area contributed by atoms with Gasteiger partial charge in [0.25, 0.3) is 11.4 Å². The van der Waals surface area contributed by atoms with Crippen molar-refractivity contribution in [2.24, 2.45) is 33.2 Å². The van der Waals surface area contributed by atoms with Crippen molar-refractivity contribution in [3.63, 3.8) is 0 Å². The van der Waals surface area contributed by atoms with Gasteiger partial charge in [-0.3, -0.25) is 11.5 Å². The van der Waals surface area contributed by atoms with Crippen molar-refractivity contribution in [3.05, 3.63) is 48.3 Å². The molecule has 3 atom stereocenters. The maximum Gasteiger partial charge on any atom is 0.385 e. The number of carbonyl (C=O) groups excluding carboxylic acids is 6. The van der Waals surface area contributed by atoms with Crippen LogP contribution in [-0.2, 0) is 57.5 Å². The van der Waals surface area contributed by atoms with Crippen molar-refractivity contribution in [2.75, 3.05) is 13.1 Å². The van der Waals surface area contributed by atoms with Gasteiger partial charge in [0, 0.05) is 23.1 Å².